The maximum Gasteiger partial charge on any atom is 0.133 e. The van der Waals surface area contributed by atoms with E-state index >= 15 is 0 Å². The maximum absolute atomic E-state index is 9.43. The molecule has 0 bridgehead atoms. The van der Waals surface area contributed by atoms with Gasteiger partial charge in [-0.15, -0.1) is 0 Å². The normalized spacial score (nSPS) is 12.7. The topological polar surface area (TPSA) is 29.5 Å². The minimum atomic E-state index is -0.442. The number of halogens is 1. The van der Waals surface area contributed by atoms with Gasteiger partial charge in [0.25, 0.3) is 0 Å². The van der Waals surface area contributed by atoms with Crippen LogP contribution in [0.1, 0.15) is 24.2 Å². The lowest BCUT2D eigenvalue weighted by molar-refractivity contribution is 0.198. The lowest BCUT2D eigenvalue weighted by Crippen LogP contribution is -1.96. The first-order valence-electron chi connectivity index (χ1n) is 4.08. The minimum Gasteiger partial charge on any atom is -0.496 e. The van der Waals surface area contributed by atoms with Gasteiger partial charge in [-0.2, -0.15) is 0 Å². The van der Waals surface area contributed by atoms with E-state index in [2.05, 4.69) is 15.9 Å². The number of ether oxygens (including phenoxy) is 1. The summed E-state index contributed by atoms with van der Waals surface area (Å²) in [5, 5.41) is 9.43. The average Bonchev–Trinajstić information content (AvgIpc) is 2.07. The number of rotatable bonds is 2. The zero-order chi connectivity index (χ0) is 10.0. The van der Waals surface area contributed by atoms with Crippen LogP contribution < -0.4 is 4.74 Å². The molecule has 0 aromatic heterocycles. The van der Waals surface area contributed by atoms with Crippen LogP contribution in [0.15, 0.2) is 16.6 Å². The minimum absolute atomic E-state index is 0.442. The second-order valence-corrected chi connectivity index (χ2v) is 3.87. The third-order valence-electron chi connectivity index (χ3n) is 1.99. The standard InChI is InChI=1S/C10H13BrO2/c1-6-4-10(13-3)9(11)5-8(6)7(2)12/h4-5,7,12H,1-3H3. The summed E-state index contributed by atoms with van der Waals surface area (Å²) in [6.07, 6.45) is -0.442. The molecule has 2 nitrogen and oxygen atoms in total. The van der Waals surface area contributed by atoms with Gasteiger partial charge in [-0.3, -0.25) is 0 Å². The Morgan fingerprint density at radius 2 is 2.08 bits per heavy atom. The number of benzene rings is 1. The fourth-order valence-corrected chi connectivity index (χ4v) is 1.80. The Morgan fingerprint density at radius 1 is 1.46 bits per heavy atom. The molecule has 1 unspecified atom stereocenters. The van der Waals surface area contributed by atoms with Crippen LogP contribution in [0.4, 0.5) is 0 Å². The van der Waals surface area contributed by atoms with Crippen LogP contribution >= 0.6 is 15.9 Å². The molecule has 0 saturated carbocycles. The molecule has 3 heteroatoms. The Hall–Kier alpha value is -0.540. The molecule has 0 aliphatic heterocycles. The van der Waals surface area contributed by atoms with Crippen LogP contribution in [-0.4, -0.2) is 12.2 Å². The van der Waals surface area contributed by atoms with Gasteiger partial charge in [0.2, 0.25) is 0 Å². The van der Waals surface area contributed by atoms with Crippen molar-refractivity contribution in [3.05, 3.63) is 27.7 Å². The van der Waals surface area contributed by atoms with Crippen molar-refractivity contribution in [2.75, 3.05) is 7.11 Å². The van der Waals surface area contributed by atoms with Gasteiger partial charge in [0.15, 0.2) is 0 Å². The fourth-order valence-electron chi connectivity index (χ4n) is 1.28. The van der Waals surface area contributed by atoms with E-state index in [4.69, 9.17) is 4.74 Å². The molecule has 1 atom stereocenters. The Kier molecular flexibility index (Phi) is 3.33. The van der Waals surface area contributed by atoms with Crippen molar-refractivity contribution >= 4 is 15.9 Å². The van der Waals surface area contributed by atoms with Gasteiger partial charge >= 0.3 is 0 Å². The summed E-state index contributed by atoms with van der Waals surface area (Å²) >= 11 is 3.37. The monoisotopic (exact) mass is 244 g/mol. The van der Waals surface area contributed by atoms with Crippen molar-refractivity contribution in [3.8, 4) is 5.75 Å². The highest BCUT2D eigenvalue weighted by molar-refractivity contribution is 9.10. The highest BCUT2D eigenvalue weighted by atomic mass is 79.9. The Labute approximate surface area is 86.7 Å². The number of hydrogen-bond donors (Lipinski definition) is 1. The van der Waals surface area contributed by atoms with Gasteiger partial charge < -0.3 is 9.84 Å². The van der Waals surface area contributed by atoms with Crippen LogP contribution in [0.25, 0.3) is 0 Å². The van der Waals surface area contributed by atoms with Crippen LogP contribution in [0.5, 0.6) is 5.75 Å². The van der Waals surface area contributed by atoms with E-state index in [1.807, 2.05) is 19.1 Å². The molecule has 1 aromatic carbocycles. The molecule has 0 radical (unpaired) electrons. The summed E-state index contributed by atoms with van der Waals surface area (Å²) in [5.41, 5.74) is 1.96. The van der Waals surface area contributed by atoms with Crippen molar-refractivity contribution in [2.24, 2.45) is 0 Å². The zero-order valence-electron chi connectivity index (χ0n) is 7.97. The molecule has 1 rings (SSSR count). The molecule has 0 aliphatic rings. The van der Waals surface area contributed by atoms with Gasteiger partial charge in [0, 0.05) is 0 Å². The van der Waals surface area contributed by atoms with Gasteiger partial charge in [-0.1, -0.05) is 0 Å². The highest BCUT2D eigenvalue weighted by Crippen LogP contribution is 2.30. The third-order valence-corrected chi connectivity index (χ3v) is 2.61. The van der Waals surface area contributed by atoms with Crippen LogP contribution in [0.2, 0.25) is 0 Å². The lowest BCUT2D eigenvalue weighted by atomic mass is 10.0. The molecule has 1 aromatic rings. The van der Waals surface area contributed by atoms with E-state index in [1.54, 1.807) is 14.0 Å². The highest BCUT2D eigenvalue weighted by Gasteiger charge is 2.09. The molecule has 1 N–H and O–H groups in total. The van der Waals surface area contributed by atoms with E-state index in [-0.39, 0.29) is 0 Å². The molecule has 0 fully saturated rings. The first kappa shape index (κ1) is 10.5. The van der Waals surface area contributed by atoms with Crippen molar-refractivity contribution in [1.29, 1.82) is 0 Å². The molecular weight excluding hydrogens is 232 g/mol. The molecule has 72 valence electrons. The average molecular weight is 245 g/mol. The molecule has 0 spiro atoms. The molecule has 0 aliphatic carbocycles. The Morgan fingerprint density at radius 3 is 2.54 bits per heavy atom. The largest absolute Gasteiger partial charge is 0.496 e. The summed E-state index contributed by atoms with van der Waals surface area (Å²) < 4.78 is 6.00. The summed E-state index contributed by atoms with van der Waals surface area (Å²) in [4.78, 5) is 0. The lowest BCUT2D eigenvalue weighted by Gasteiger charge is -2.12. The quantitative estimate of drug-likeness (QED) is 0.868. The zero-order valence-corrected chi connectivity index (χ0v) is 9.55. The van der Waals surface area contributed by atoms with E-state index in [1.165, 1.54) is 0 Å². The van der Waals surface area contributed by atoms with Crippen molar-refractivity contribution in [1.82, 2.24) is 0 Å². The van der Waals surface area contributed by atoms with Crippen LogP contribution in [-0.2, 0) is 0 Å². The predicted octanol–water partition coefficient (Wildman–Crippen LogP) is 2.82. The molecule has 0 saturated heterocycles. The van der Waals surface area contributed by atoms with Crippen molar-refractivity contribution < 1.29 is 9.84 Å². The summed E-state index contributed by atoms with van der Waals surface area (Å²) in [5.74, 6) is 0.793. The number of aryl methyl sites for hydroxylation is 1. The van der Waals surface area contributed by atoms with E-state index in [0.717, 1.165) is 21.3 Å². The Balaban J connectivity index is 3.20. The smallest absolute Gasteiger partial charge is 0.133 e. The molecular formula is C10H13BrO2. The SMILES string of the molecule is COc1cc(C)c(C(C)O)cc1Br. The van der Waals surface area contributed by atoms with Crippen LogP contribution in [0.3, 0.4) is 0 Å². The second kappa shape index (κ2) is 4.11. The molecule has 0 heterocycles. The number of hydrogen-bond acceptors (Lipinski definition) is 2. The first-order chi connectivity index (χ1) is 6.06. The first-order valence-corrected chi connectivity index (χ1v) is 4.87. The van der Waals surface area contributed by atoms with Crippen LogP contribution in [0, 0.1) is 6.92 Å². The van der Waals surface area contributed by atoms with Gasteiger partial charge in [0.1, 0.15) is 5.75 Å². The number of aliphatic hydroxyl groups is 1. The van der Waals surface area contributed by atoms with Gasteiger partial charge in [-0.05, 0) is 53.0 Å². The Bertz CT molecular complexity index is 308. The number of methoxy groups -OCH3 is 1. The summed E-state index contributed by atoms with van der Waals surface area (Å²) in [6, 6.07) is 3.80. The van der Waals surface area contributed by atoms with E-state index in [9.17, 15) is 5.11 Å². The number of aliphatic hydroxyl groups excluding tert-OH is 1. The summed E-state index contributed by atoms with van der Waals surface area (Å²) in [7, 11) is 1.63. The maximum atomic E-state index is 9.43. The van der Waals surface area contributed by atoms with E-state index in [0.29, 0.717) is 0 Å². The predicted molar refractivity (Wildman–Crippen MR) is 56.1 cm³/mol. The van der Waals surface area contributed by atoms with E-state index < -0.39 is 6.10 Å². The van der Waals surface area contributed by atoms with Crippen molar-refractivity contribution in [3.63, 3.8) is 0 Å². The molecule has 13 heavy (non-hydrogen) atoms. The van der Waals surface area contributed by atoms with Gasteiger partial charge in [0.05, 0.1) is 17.7 Å². The van der Waals surface area contributed by atoms with Gasteiger partial charge in [-0.25, -0.2) is 0 Å². The fraction of sp³-hybridized carbons (Fsp3) is 0.400. The second-order valence-electron chi connectivity index (χ2n) is 3.02. The summed E-state index contributed by atoms with van der Waals surface area (Å²) in [6.45, 7) is 3.71. The third kappa shape index (κ3) is 2.23. The van der Waals surface area contributed by atoms with Crippen molar-refractivity contribution in [2.45, 2.75) is 20.0 Å². The molecule has 0 amide bonds.